The van der Waals surface area contributed by atoms with Crippen molar-refractivity contribution in [1.82, 2.24) is 9.80 Å². The summed E-state index contributed by atoms with van der Waals surface area (Å²) >= 11 is 0. The highest BCUT2D eigenvalue weighted by molar-refractivity contribution is 7.10. The fraction of sp³-hybridized carbons (Fsp3) is 0.579. The predicted molar refractivity (Wildman–Crippen MR) is 118 cm³/mol. The third-order valence-electron chi connectivity index (χ3n) is 5.13. The first-order valence-corrected chi connectivity index (χ1v) is 10.6. The summed E-state index contributed by atoms with van der Waals surface area (Å²) in [6.45, 7) is 1.52. The molecule has 0 bridgehead atoms. The van der Waals surface area contributed by atoms with Crippen molar-refractivity contribution >= 4 is 27.3 Å². The standard InChI is InChI=1S/C19H28N3O11P/c1-10-14(23)15(24)16(25)17(31-10)32-13-5-4-11(8-12(13)22(28)29)9-30-18(26)20(2)6-7-21(3)19(27)33-34/h4-5,8,10,14-17,23-25H,6-7,9,34H2,1-3H3. The molecular weight excluding hydrogens is 477 g/mol. The molecule has 1 aromatic carbocycles. The zero-order valence-electron chi connectivity index (χ0n) is 18.8. The molecule has 1 heterocycles. The summed E-state index contributed by atoms with van der Waals surface area (Å²) in [7, 11) is 4.79. The lowest BCUT2D eigenvalue weighted by Gasteiger charge is -2.38. The second kappa shape index (κ2) is 12.1. The maximum absolute atomic E-state index is 12.2. The highest BCUT2D eigenvalue weighted by Crippen LogP contribution is 2.32. The molecule has 14 nitrogen and oxygen atoms in total. The van der Waals surface area contributed by atoms with Crippen LogP contribution in [0.25, 0.3) is 0 Å². The minimum absolute atomic E-state index is 0.157. The van der Waals surface area contributed by atoms with E-state index in [0.717, 1.165) is 6.07 Å². The number of nitro groups is 1. The average Bonchev–Trinajstić information content (AvgIpc) is 2.82. The van der Waals surface area contributed by atoms with Gasteiger partial charge in [-0.25, -0.2) is 9.59 Å². The van der Waals surface area contributed by atoms with Gasteiger partial charge in [-0.05, 0) is 18.6 Å². The van der Waals surface area contributed by atoms with Crippen LogP contribution in [0.5, 0.6) is 5.75 Å². The molecule has 190 valence electrons. The van der Waals surface area contributed by atoms with Crippen LogP contribution in [0.3, 0.4) is 0 Å². The van der Waals surface area contributed by atoms with Gasteiger partial charge in [-0.15, -0.1) is 0 Å². The molecule has 1 saturated heterocycles. The predicted octanol–water partition coefficient (Wildman–Crippen LogP) is 0.228. The van der Waals surface area contributed by atoms with Crippen molar-refractivity contribution in [2.24, 2.45) is 0 Å². The number of ether oxygens (including phenoxy) is 3. The van der Waals surface area contributed by atoms with Crippen molar-refractivity contribution in [2.45, 2.75) is 44.2 Å². The molecule has 0 aromatic heterocycles. The monoisotopic (exact) mass is 505 g/mol. The highest BCUT2D eigenvalue weighted by Gasteiger charge is 2.43. The Labute approximate surface area is 197 Å². The summed E-state index contributed by atoms with van der Waals surface area (Å²) < 4.78 is 20.3. The highest BCUT2D eigenvalue weighted by atomic mass is 31.0. The van der Waals surface area contributed by atoms with Crippen molar-refractivity contribution in [3.8, 4) is 5.75 Å². The van der Waals surface area contributed by atoms with E-state index in [9.17, 15) is 35.0 Å². The van der Waals surface area contributed by atoms with E-state index in [4.69, 9.17) is 14.2 Å². The second-order valence-electron chi connectivity index (χ2n) is 7.64. The Balaban J connectivity index is 2.00. The van der Waals surface area contributed by atoms with Crippen molar-refractivity contribution in [2.75, 3.05) is 27.2 Å². The van der Waals surface area contributed by atoms with Crippen molar-refractivity contribution in [1.29, 1.82) is 0 Å². The molecule has 2 amide bonds. The molecule has 6 atom stereocenters. The Bertz CT molecular complexity index is 889. The fourth-order valence-corrected chi connectivity index (χ4v) is 3.14. The summed E-state index contributed by atoms with van der Waals surface area (Å²) in [6, 6.07) is 3.80. The molecule has 34 heavy (non-hydrogen) atoms. The van der Waals surface area contributed by atoms with Gasteiger partial charge in [0.15, 0.2) is 5.75 Å². The largest absolute Gasteiger partial charge is 0.455 e. The number of amides is 2. The van der Waals surface area contributed by atoms with Gasteiger partial charge in [0.2, 0.25) is 6.29 Å². The number of benzene rings is 1. The van der Waals surface area contributed by atoms with Crippen LogP contribution in [-0.2, 0) is 20.6 Å². The van der Waals surface area contributed by atoms with Crippen LogP contribution in [0.1, 0.15) is 12.5 Å². The average molecular weight is 505 g/mol. The van der Waals surface area contributed by atoms with E-state index in [2.05, 4.69) is 4.52 Å². The number of carbonyl (C=O) groups excluding carboxylic acids is 2. The van der Waals surface area contributed by atoms with Crippen LogP contribution in [0.4, 0.5) is 15.3 Å². The number of nitrogens with zero attached hydrogens (tertiary/aromatic N) is 3. The smallest absolute Gasteiger partial charge is 0.411 e. The molecule has 0 aliphatic carbocycles. The van der Waals surface area contributed by atoms with E-state index < -0.39 is 53.5 Å². The third kappa shape index (κ3) is 6.87. The van der Waals surface area contributed by atoms with Crippen LogP contribution in [0, 0.1) is 10.1 Å². The number of hydrogen-bond donors (Lipinski definition) is 3. The summed E-state index contributed by atoms with van der Waals surface area (Å²) in [5.41, 5.74) is -0.193. The van der Waals surface area contributed by atoms with E-state index >= 15 is 0 Å². The Hall–Kier alpha value is -2.77. The van der Waals surface area contributed by atoms with Crippen LogP contribution in [0.2, 0.25) is 0 Å². The van der Waals surface area contributed by atoms with Gasteiger partial charge in [0.05, 0.1) is 20.5 Å². The summed E-state index contributed by atoms with van der Waals surface area (Å²) in [5.74, 6) is -0.249. The van der Waals surface area contributed by atoms with Crippen molar-refractivity contribution in [3.05, 3.63) is 33.9 Å². The number of rotatable bonds is 8. The molecule has 3 N–H and O–H groups in total. The number of likely N-dealkylation sites (N-methyl/N-ethyl adjacent to an activating group) is 2. The van der Waals surface area contributed by atoms with Gasteiger partial charge in [0, 0.05) is 33.3 Å². The van der Waals surface area contributed by atoms with Gasteiger partial charge in [-0.1, -0.05) is 6.07 Å². The molecular formula is C19H28N3O11P. The number of aliphatic hydroxyl groups excluding tert-OH is 3. The van der Waals surface area contributed by atoms with Crippen LogP contribution in [-0.4, -0.2) is 100 Å². The summed E-state index contributed by atoms with van der Waals surface area (Å²) in [4.78, 5) is 36.8. The molecule has 1 aliphatic rings. The minimum Gasteiger partial charge on any atom is -0.455 e. The lowest BCUT2D eigenvalue weighted by Crippen LogP contribution is -2.58. The maximum Gasteiger partial charge on any atom is 0.411 e. The normalized spacial score (nSPS) is 24.1. The van der Waals surface area contributed by atoms with Gasteiger partial charge in [-0.2, -0.15) is 0 Å². The molecule has 0 radical (unpaired) electrons. The number of carbonyl (C=O) groups is 2. The fourth-order valence-electron chi connectivity index (χ4n) is 2.96. The minimum atomic E-state index is -1.64. The number of aliphatic hydroxyl groups is 3. The topological polar surface area (TPSA) is 181 Å². The van der Waals surface area contributed by atoms with Gasteiger partial charge < -0.3 is 43.9 Å². The maximum atomic E-state index is 12.2. The van der Waals surface area contributed by atoms with E-state index in [0.29, 0.717) is 5.56 Å². The number of nitro benzene ring substituents is 1. The van der Waals surface area contributed by atoms with Gasteiger partial charge in [-0.3, -0.25) is 10.1 Å². The molecule has 1 aliphatic heterocycles. The molecule has 1 aromatic rings. The third-order valence-corrected chi connectivity index (χ3v) is 5.33. The zero-order chi connectivity index (χ0) is 25.6. The number of hydrogen-bond acceptors (Lipinski definition) is 11. The molecule has 0 spiro atoms. The Morgan fingerprint density at radius 1 is 1.12 bits per heavy atom. The first-order valence-electron chi connectivity index (χ1n) is 10.1. The zero-order valence-corrected chi connectivity index (χ0v) is 19.9. The van der Waals surface area contributed by atoms with Crippen LogP contribution in [0.15, 0.2) is 18.2 Å². The summed E-state index contributed by atoms with van der Waals surface area (Å²) in [5, 5.41) is 41.2. The van der Waals surface area contributed by atoms with E-state index in [1.807, 2.05) is 9.47 Å². The molecule has 6 unspecified atom stereocenters. The van der Waals surface area contributed by atoms with Gasteiger partial charge in [0.1, 0.15) is 24.9 Å². The first kappa shape index (κ1) is 27.5. The SMILES string of the molecule is CC1OC(Oc2ccc(COC(=O)N(C)CCN(C)C(=O)OP)cc2[N+](=O)[O-])C(O)C(O)C1O. The lowest BCUT2D eigenvalue weighted by molar-refractivity contribution is -0.387. The van der Waals surface area contributed by atoms with Gasteiger partial charge in [0.25, 0.3) is 0 Å². The second-order valence-corrected chi connectivity index (χ2v) is 7.88. The van der Waals surface area contributed by atoms with E-state index in [1.165, 1.54) is 43.0 Å². The van der Waals surface area contributed by atoms with Crippen molar-refractivity contribution in [3.63, 3.8) is 0 Å². The molecule has 2 rings (SSSR count). The lowest BCUT2D eigenvalue weighted by atomic mass is 10.00. The molecule has 15 heteroatoms. The molecule has 1 fully saturated rings. The van der Waals surface area contributed by atoms with Crippen LogP contribution >= 0.6 is 9.47 Å². The van der Waals surface area contributed by atoms with Crippen LogP contribution < -0.4 is 4.74 Å². The van der Waals surface area contributed by atoms with E-state index in [1.54, 1.807) is 0 Å². The van der Waals surface area contributed by atoms with E-state index in [-0.39, 0.29) is 25.4 Å². The first-order chi connectivity index (χ1) is 16.0. The molecule has 0 saturated carbocycles. The quantitative estimate of drug-likeness (QED) is 0.250. The van der Waals surface area contributed by atoms with Crippen molar-refractivity contribution < 1.29 is 48.6 Å². The Kier molecular flexibility index (Phi) is 9.77. The Morgan fingerprint density at radius 3 is 2.32 bits per heavy atom. The summed E-state index contributed by atoms with van der Waals surface area (Å²) in [6.07, 6.45) is -8.19. The Morgan fingerprint density at radius 2 is 1.74 bits per heavy atom. The van der Waals surface area contributed by atoms with Gasteiger partial charge >= 0.3 is 17.9 Å².